The van der Waals surface area contributed by atoms with Crippen molar-refractivity contribution in [2.75, 3.05) is 5.32 Å². The first-order chi connectivity index (χ1) is 5.43. The summed E-state index contributed by atoms with van der Waals surface area (Å²) in [5, 5.41) is 11.0. The topological polar surface area (TPSA) is 48.7 Å². The molecule has 0 unspecified atom stereocenters. The van der Waals surface area contributed by atoms with E-state index in [1.807, 2.05) is 24.3 Å². The highest BCUT2D eigenvalue weighted by atomic mass is 15.0. The lowest BCUT2D eigenvalue weighted by Crippen LogP contribution is -1.88. The Kier molecular flexibility index (Phi) is 2.70. The van der Waals surface area contributed by atoms with E-state index in [-0.39, 0.29) is 0 Å². The van der Waals surface area contributed by atoms with E-state index < -0.39 is 0 Å². The molecule has 0 aliphatic heterocycles. The Morgan fingerprint density at radius 1 is 1.55 bits per heavy atom. The fraction of sp³-hybridized carbons (Fsp3) is 0. The van der Waals surface area contributed by atoms with Crippen molar-refractivity contribution in [3.05, 3.63) is 36.7 Å². The van der Waals surface area contributed by atoms with Crippen molar-refractivity contribution in [3.8, 4) is 6.07 Å². The van der Waals surface area contributed by atoms with E-state index >= 15 is 0 Å². The van der Waals surface area contributed by atoms with Crippen LogP contribution in [0, 0.1) is 11.3 Å². The van der Waals surface area contributed by atoms with Gasteiger partial charge < -0.3 is 5.32 Å². The number of anilines is 1. The number of nitrogens with one attached hydrogen (secondary N) is 1. The molecule has 3 heteroatoms. The van der Waals surface area contributed by atoms with Gasteiger partial charge in [-0.15, -0.1) is 0 Å². The second kappa shape index (κ2) is 4.07. The summed E-state index contributed by atoms with van der Waals surface area (Å²) in [4.78, 5) is 3.98. The zero-order chi connectivity index (χ0) is 7.94. The van der Waals surface area contributed by atoms with Crippen LogP contribution in [0.3, 0.4) is 0 Å². The van der Waals surface area contributed by atoms with Gasteiger partial charge in [0, 0.05) is 18.5 Å². The molecule has 0 aliphatic carbocycles. The van der Waals surface area contributed by atoms with Crippen molar-refractivity contribution in [1.82, 2.24) is 4.98 Å². The summed E-state index contributed by atoms with van der Waals surface area (Å²) < 4.78 is 0. The van der Waals surface area contributed by atoms with Gasteiger partial charge in [0.1, 0.15) is 5.82 Å². The smallest absolute Gasteiger partial charge is 0.129 e. The van der Waals surface area contributed by atoms with Gasteiger partial charge in [-0.05, 0) is 12.1 Å². The molecular weight excluding hydrogens is 138 g/mol. The van der Waals surface area contributed by atoms with Gasteiger partial charge in [-0.25, -0.2) is 4.98 Å². The number of allylic oxidation sites excluding steroid dienone is 1. The van der Waals surface area contributed by atoms with Crippen molar-refractivity contribution in [2.24, 2.45) is 0 Å². The van der Waals surface area contributed by atoms with Crippen molar-refractivity contribution < 1.29 is 0 Å². The van der Waals surface area contributed by atoms with Gasteiger partial charge in [0.15, 0.2) is 0 Å². The Morgan fingerprint density at radius 3 is 3.09 bits per heavy atom. The summed E-state index contributed by atoms with van der Waals surface area (Å²) in [5.74, 6) is 0.735. The van der Waals surface area contributed by atoms with Crippen LogP contribution in [0.25, 0.3) is 0 Å². The first-order valence-electron chi connectivity index (χ1n) is 3.15. The van der Waals surface area contributed by atoms with E-state index in [9.17, 15) is 0 Å². The molecule has 0 atom stereocenters. The predicted octanol–water partition coefficient (Wildman–Crippen LogP) is 1.53. The van der Waals surface area contributed by atoms with Gasteiger partial charge in [-0.3, -0.25) is 0 Å². The highest BCUT2D eigenvalue weighted by Gasteiger charge is 1.82. The molecule has 11 heavy (non-hydrogen) atoms. The Hall–Kier alpha value is -1.82. The number of pyridine rings is 1. The van der Waals surface area contributed by atoms with Crippen LogP contribution in [0.1, 0.15) is 0 Å². The Balaban J connectivity index is 2.53. The van der Waals surface area contributed by atoms with Crippen LogP contribution < -0.4 is 5.32 Å². The van der Waals surface area contributed by atoms with E-state index in [1.165, 1.54) is 6.08 Å². The fourth-order valence-corrected chi connectivity index (χ4v) is 0.612. The van der Waals surface area contributed by atoms with Crippen molar-refractivity contribution in [1.29, 1.82) is 5.26 Å². The van der Waals surface area contributed by atoms with Gasteiger partial charge in [-0.1, -0.05) is 6.07 Å². The molecule has 1 aromatic rings. The number of hydrogen-bond donors (Lipinski definition) is 1. The first-order valence-corrected chi connectivity index (χ1v) is 3.15. The summed E-state index contributed by atoms with van der Waals surface area (Å²) in [6, 6.07) is 7.39. The lowest BCUT2D eigenvalue weighted by Gasteiger charge is -1.94. The number of nitriles is 1. The highest BCUT2D eigenvalue weighted by molar-refractivity contribution is 5.36. The third kappa shape index (κ3) is 2.50. The lowest BCUT2D eigenvalue weighted by atomic mass is 10.5. The van der Waals surface area contributed by atoms with Crippen LogP contribution >= 0.6 is 0 Å². The SMILES string of the molecule is N#C/C=C/Nc1ccccn1. The quantitative estimate of drug-likeness (QED) is 0.642. The Bertz CT molecular complexity index is 271. The largest absolute Gasteiger partial charge is 0.346 e. The van der Waals surface area contributed by atoms with Crippen molar-refractivity contribution in [2.45, 2.75) is 0 Å². The van der Waals surface area contributed by atoms with E-state index in [1.54, 1.807) is 12.4 Å². The van der Waals surface area contributed by atoms with Gasteiger partial charge in [-0.2, -0.15) is 5.26 Å². The molecule has 1 N–H and O–H groups in total. The van der Waals surface area contributed by atoms with Gasteiger partial charge in [0.2, 0.25) is 0 Å². The number of rotatable bonds is 2. The summed E-state index contributed by atoms with van der Waals surface area (Å²) in [5.41, 5.74) is 0. The molecule has 1 rings (SSSR count). The van der Waals surface area contributed by atoms with Crippen LogP contribution in [0.2, 0.25) is 0 Å². The van der Waals surface area contributed by atoms with E-state index in [4.69, 9.17) is 5.26 Å². The third-order valence-corrected chi connectivity index (χ3v) is 1.05. The predicted molar refractivity (Wildman–Crippen MR) is 42.6 cm³/mol. The molecule has 0 aromatic carbocycles. The zero-order valence-electron chi connectivity index (χ0n) is 5.86. The maximum Gasteiger partial charge on any atom is 0.129 e. The van der Waals surface area contributed by atoms with E-state index in [2.05, 4.69) is 10.3 Å². The zero-order valence-corrected chi connectivity index (χ0v) is 5.86. The molecule has 54 valence electrons. The second-order valence-corrected chi connectivity index (χ2v) is 1.82. The molecule has 0 spiro atoms. The summed E-state index contributed by atoms with van der Waals surface area (Å²) in [7, 11) is 0. The molecule has 3 nitrogen and oxygen atoms in total. The summed E-state index contributed by atoms with van der Waals surface area (Å²) in [6.07, 6.45) is 4.58. The molecule has 1 heterocycles. The minimum Gasteiger partial charge on any atom is -0.346 e. The van der Waals surface area contributed by atoms with Crippen molar-refractivity contribution in [3.63, 3.8) is 0 Å². The second-order valence-electron chi connectivity index (χ2n) is 1.82. The van der Waals surface area contributed by atoms with Gasteiger partial charge >= 0.3 is 0 Å². The number of aromatic nitrogens is 1. The molecule has 0 bridgehead atoms. The molecule has 0 aliphatic rings. The molecule has 0 radical (unpaired) electrons. The average molecular weight is 145 g/mol. The number of hydrogen-bond acceptors (Lipinski definition) is 3. The Labute approximate surface area is 65.0 Å². The molecule has 1 aromatic heterocycles. The molecule has 0 saturated carbocycles. The monoisotopic (exact) mass is 145 g/mol. The minimum absolute atomic E-state index is 0.735. The molecule has 0 saturated heterocycles. The van der Waals surface area contributed by atoms with Gasteiger partial charge in [0.25, 0.3) is 0 Å². The standard InChI is InChI=1S/C8H7N3/c9-5-3-7-11-8-4-1-2-6-10-8/h1-4,6-7H,(H,10,11)/b7-3+. The van der Waals surface area contributed by atoms with Crippen molar-refractivity contribution >= 4 is 5.82 Å². The van der Waals surface area contributed by atoms with Gasteiger partial charge in [0.05, 0.1) is 6.07 Å². The lowest BCUT2D eigenvalue weighted by molar-refractivity contribution is 1.31. The summed E-state index contributed by atoms with van der Waals surface area (Å²) >= 11 is 0. The normalized spacial score (nSPS) is 9.36. The third-order valence-electron chi connectivity index (χ3n) is 1.05. The van der Waals surface area contributed by atoms with Crippen LogP contribution in [0.4, 0.5) is 5.82 Å². The van der Waals surface area contributed by atoms with Crippen LogP contribution in [0.5, 0.6) is 0 Å². The van der Waals surface area contributed by atoms with E-state index in [0.29, 0.717) is 0 Å². The maximum atomic E-state index is 8.15. The first kappa shape index (κ1) is 7.29. The van der Waals surface area contributed by atoms with Crippen LogP contribution in [0.15, 0.2) is 36.7 Å². The number of nitrogens with zero attached hydrogens (tertiary/aromatic N) is 2. The highest BCUT2D eigenvalue weighted by Crippen LogP contribution is 1.98. The van der Waals surface area contributed by atoms with Crippen LogP contribution in [-0.2, 0) is 0 Å². The maximum absolute atomic E-state index is 8.15. The summed E-state index contributed by atoms with van der Waals surface area (Å²) in [6.45, 7) is 0. The minimum atomic E-state index is 0.735. The molecular formula is C8H7N3. The fourth-order valence-electron chi connectivity index (χ4n) is 0.612. The molecule has 0 amide bonds. The molecule has 0 fully saturated rings. The Morgan fingerprint density at radius 2 is 2.45 bits per heavy atom. The average Bonchev–Trinajstić information content (AvgIpc) is 2.07. The van der Waals surface area contributed by atoms with Crippen LogP contribution in [-0.4, -0.2) is 4.98 Å². The van der Waals surface area contributed by atoms with E-state index in [0.717, 1.165) is 5.82 Å².